The Bertz CT molecular complexity index is 1370. The quantitative estimate of drug-likeness (QED) is 0.477. The van der Waals surface area contributed by atoms with Crippen LogP contribution in [0.3, 0.4) is 0 Å². The number of rotatable bonds is 6. The summed E-state index contributed by atoms with van der Waals surface area (Å²) in [6, 6.07) is 13.7. The van der Waals surface area contributed by atoms with E-state index in [2.05, 4.69) is 20.1 Å². The number of sulfonamides is 1. The average molecular weight is 443 g/mol. The molecule has 11 heteroatoms. The van der Waals surface area contributed by atoms with E-state index in [9.17, 15) is 22.0 Å². The molecular weight excluding hydrogens is 428 g/mol. The molecule has 0 aliphatic heterocycles. The highest BCUT2D eigenvalue weighted by Gasteiger charge is 2.19. The Labute approximate surface area is 175 Å². The smallest absolute Gasteiger partial charge is 0.270 e. The van der Waals surface area contributed by atoms with Crippen molar-refractivity contribution >= 4 is 27.4 Å². The number of anilines is 1. The van der Waals surface area contributed by atoms with E-state index >= 15 is 0 Å². The fourth-order valence-corrected chi connectivity index (χ4v) is 3.87. The van der Waals surface area contributed by atoms with Crippen LogP contribution in [-0.2, 0) is 16.6 Å². The van der Waals surface area contributed by atoms with E-state index in [4.69, 9.17) is 0 Å². The summed E-state index contributed by atoms with van der Waals surface area (Å²) in [5.41, 5.74) is 0.510. The maximum atomic E-state index is 13.3. The number of carbonyl (C=O) groups is 1. The number of hydrogen-bond donors (Lipinski definition) is 2. The number of nitrogens with zero attached hydrogens (tertiary/aromatic N) is 3. The van der Waals surface area contributed by atoms with Crippen LogP contribution in [0.4, 0.5) is 14.6 Å². The van der Waals surface area contributed by atoms with E-state index in [-0.39, 0.29) is 28.6 Å². The topological polar surface area (TPSA) is 105 Å². The van der Waals surface area contributed by atoms with Crippen LogP contribution in [0.25, 0.3) is 5.65 Å². The van der Waals surface area contributed by atoms with Gasteiger partial charge in [0.15, 0.2) is 17.3 Å². The summed E-state index contributed by atoms with van der Waals surface area (Å²) in [5.74, 6) is -2.63. The number of amides is 1. The van der Waals surface area contributed by atoms with Gasteiger partial charge in [-0.05, 0) is 29.8 Å². The first kappa shape index (κ1) is 20.4. The number of fused-ring (bicyclic) bond motifs is 1. The number of halogens is 2. The third-order valence-corrected chi connectivity index (χ3v) is 5.69. The molecule has 0 aliphatic carbocycles. The predicted molar refractivity (Wildman–Crippen MR) is 108 cm³/mol. The van der Waals surface area contributed by atoms with Crippen LogP contribution < -0.4 is 10.0 Å². The molecular formula is C20H15F2N5O3S. The van der Waals surface area contributed by atoms with Gasteiger partial charge in [0.2, 0.25) is 0 Å². The van der Waals surface area contributed by atoms with Gasteiger partial charge in [-0.2, -0.15) is 9.61 Å². The third-order valence-electron chi connectivity index (χ3n) is 4.32. The predicted octanol–water partition coefficient (Wildman–Crippen LogP) is 2.74. The molecule has 2 aromatic carbocycles. The van der Waals surface area contributed by atoms with Crippen molar-refractivity contribution in [3.05, 3.63) is 89.8 Å². The molecule has 8 nitrogen and oxygen atoms in total. The average Bonchev–Trinajstić information content (AvgIpc) is 3.24. The van der Waals surface area contributed by atoms with E-state index in [1.165, 1.54) is 41.0 Å². The van der Waals surface area contributed by atoms with Crippen LogP contribution in [0.5, 0.6) is 0 Å². The zero-order chi connectivity index (χ0) is 22.0. The SMILES string of the molecule is O=C(NCc1ccc(F)c(F)c1)c1cc(NS(=O)(=O)c2ccccc2)n2nccc2n1. The van der Waals surface area contributed by atoms with Gasteiger partial charge in [0.05, 0.1) is 11.1 Å². The van der Waals surface area contributed by atoms with Gasteiger partial charge in [-0.3, -0.25) is 9.52 Å². The summed E-state index contributed by atoms with van der Waals surface area (Å²) >= 11 is 0. The normalized spacial score (nSPS) is 11.4. The number of hydrogen-bond acceptors (Lipinski definition) is 5. The molecule has 31 heavy (non-hydrogen) atoms. The van der Waals surface area contributed by atoms with Crippen molar-refractivity contribution in [2.24, 2.45) is 0 Å². The van der Waals surface area contributed by atoms with Crippen molar-refractivity contribution in [1.29, 1.82) is 0 Å². The number of aromatic nitrogens is 3. The van der Waals surface area contributed by atoms with Gasteiger partial charge in [-0.15, -0.1) is 0 Å². The standard InChI is InChI=1S/C20H15F2N5O3S/c21-15-7-6-13(10-16(15)22)12-23-20(28)17-11-19(27-18(25-17)8-9-24-27)26-31(29,30)14-4-2-1-3-5-14/h1-11,26H,12H2,(H,23,28). The summed E-state index contributed by atoms with van der Waals surface area (Å²) in [7, 11) is -3.94. The molecule has 0 saturated carbocycles. The summed E-state index contributed by atoms with van der Waals surface area (Å²) < 4.78 is 55.4. The Morgan fingerprint density at radius 3 is 2.52 bits per heavy atom. The van der Waals surface area contributed by atoms with Crippen LogP contribution in [0.1, 0.15) is 16.1 Å². The summed E-state index contributed by atoms with van der Waals surface area (Å²) in [6.45, 7) is -0.0762. The Kier molecular flexibility index (Phi) is 5.34. The molecule has 2 aromatic heterocycles. The second kappa shape index (κ2) is 8.11. The molecule has 0 saturated heterocycles. The lowest BCUT2D eigenvalue weighted by atomic mass is 10.2. The zero-order valence-electron chi connectivity index (χ0n) is 15.8. The van der Waals surface area contributed by atoms with Crippen molar-refractivity contribution in [3.63, 3.8) is 0 Å². The largest absolute Gasteiger partial charge is 0.347 e. The summed E-state index contributed by atoms with van der Waals surface area (Å²) in [5, 5.41) is 6.57. The van der Waals surface area contributed by atoms with E-state index < -0.39 is 27.6 Å². The molecule has 4 aromatic rings. The molecule has 0 radical (unpaired) electrons. The van der Waals surface area contributed by atoms with Crippen molar-refractivity contribution < 1.29 is 22.0 Å². The van der Waals surface area contributed by atoms with Gasteiger partial charge < -0.3 is 5.32 Å². The van der Waals surface area contributed by atoms with Crippen LogP contribution in [0, 0.1) is 11.6 Å². The summed E-state index contributed by atoms with van der Waals surface area (Å²) in [4.78, 5) is 16.8. The number of nitrogens with one attached hydrogen (secondary N) is 2. The minimum Gasteiger partial charge on any atom is -0.347 e. The second-order valence-electron chi connectivity index (χ2n) is 6.48. The van der Waals surface area contributed by atoms with E-state index in [1.54, 1.807) is 18.2 Å². The Morgan fingerprint density at radius 2 is 1.77 bits per heavy atom. The Balaban J connectivity index is 1.60. The minimum atomic E-state index is -3.94. The molecule has 4 rings (SSSR count). The molecule has 0 unspecified atom stereocenters. The molecule has 0 fully saturated rings. The molecule has 2 heterocycles. The molecule has 0 bridgehead atoms. The van der Waals surface area contributed by atoms with E-state index in [0.29, 0.717) is 5.56 Å². The van der Waals surface area contributed by atoms with Crippen molar-refractivity contribution in [1.82, 2.24) is 19.9 Å². The van der Waals surface area contributed by atoms with E-state index in [1.807, 2.05) is 0 Å². The third kappa shape index (κ3) is 4.36. The van der Waals surface area contributed by atoms with Gasteiger partial charge in [0.25, 0.3) is 15.9 Å². The van der Waals surface area contributed by atoms with Gasteiger partial charge in [0.1, 0.15) is 11.5 Å². The van der Waals surface area contributed by atoms with Gasteiger partial charge >= 0.3 is 0 Å². The minimum absolute atomic E-state index is 0.0110. The molecule has 158 valence electrons. The lowest BCUT2D eigenvalue weighted by Gasteiger charge is -2.11. The molecule has 1 amide bonds. The first-order valence-electron chi connectivity index (χ1n) is 8.98. The van der Waals surface area contributed by atoms with Crippen molar-refractivity contribution in [2.75, 3.05) is 4.72 Å². The van der Waals surface area contributed by atoms with E-state index in [0.717, 1.165) is 12.1 Å². The maximum Gasteiger partial charge on any atom is 0.270 e. The highest BCUT2D eigenvalue weighted by molar-refractivity contribution is 7.92. The summed E-state index contributed by atoms with van der Waals surface area (Å²) in [6.07, 6.45) is 1.41. The highest BCUT2D eigenvalue weighted by atomic mass is 32.2. The van der Waals surface area contributed by atoms with Crippen molar-refractivity contribution in [3.8, 4) is 0 Å². The molecule has 0 atom stereocenters. The van der Waals surface area contributed by atoms with Gasteiger partial charge in [-0.25, -0.2) is 22.2 Å². The zero-order valence-corrected chi connectivity index (χ0v) is 16.6. The lowest BCUT2D eigenvalue weighted by Crippen LogP contribution is -2.25. The fourth-order valence-electron chi connectivity index (χ4n) is 2.82. The Hall–Kier alpha value is -3.86. The highest BCUT2D eigenvalue weighted by Crippen LogP contribution is 2.18. The van der Waals surface area contributed by atoms with Crippen molar-refractivity contribution in [2.45, 2.75) is 11.4 Å². The van der Waals surface area contributed by atoms with Gasteiger partial charge in [-0.1, -0.05) is 24.3 Å². The molecule has 0 spiro atoms. The number of benzene rings is 2. The molecule has 2 N–H and O–H groups in total. The maximum absolute atomic E-state index is 13.3. The first-order valence-corrected chi connectivity index (χ1v) is 10.5. The van der Waals surface area contributed by atoms with Gasteiger partial charge in [0, 0.05) is 18.7 Å². The number of carbonyl (C=O) groups excluding carboxylic acids is 1. The van der Waals surface area contributed by atoms with Crippen LogP contribution in [0.15, 0.2) is 71.8 Å². The first-order chi connectivity index (χ1) is 14.8. The molecule has 0 aliphatic rings. The monoisotopic (exact) mass is 443 g/mol. The fraction of sp³-hybridized carbons (Fsp3) is 0.0500. The lowest BCUT2D eigenvalue weighted by molar-refractivity contribution is 0.0946. The van der Waals surface area contributed by atoms with Crippen LogP contribution in [-0.4, -0.2) is 28.9 Å². The Morgan fingerprint density at radius 1 is 1.00 bits per heavy atom. The second-order valence-corrected chi connectivity index (χ2v) is 8.16. The van der Waals surface area contributed by atoms with Crippen LogP contribution >= 0.6 is 0 Å². The van der Waals surface area contributed by atoms with Crippen LogP contribution in [0.2, 0.25) is 0 Å².